The lowest BCUT2D eigenvalue weighted by Crippen LogP contribution is -2.60. The molecule has 3 aromatic heterocycles. The number of unbranched alkanes of at least 4 members (excludes halogenated alkanes) is 2. The van der Waals surface area contributed by atoms with E-state index in [1.165, 1.54) is 4.90 Å². The van der Waals surface area contributed by atoms with Crippen molar-refractivity contribution in [3.05, 3.63) is 94.5 Å². The van der Waals surface area contributed by atoms with E-state index >= 15 is 0 Å². The lowest BCUT2D eigenvalue weighted by Gasteiger charge is -2.39. The molecule has 0 unspecified atom stereocenters. The molecule has 20 heteroatoms. The fraction of sp³-hybridized carbons (Fsp3) is 0.519. The number of anilines is 1. The average molecular weight is 1050 g/mol. The number of hydrogen-bond donors (Lipinski definition) is 6. The molecule has 2 aromatic carbocycles. The number of thiazole rings is 1. The second-order valence-corrected chi connectivity index (χ2v) is 22.5. The van der Waals surface area contributed by atoms with Crippen molar-refractivity contribution in [2.24, 2.45) is 11.1 Å². The summed E-state index contributed by atoms with van der Waals surface area (Å²) in [5.41, 5.74) is 11.6. The number of hydrogen-bond acceptors (Lipinski definition) is 13. The van der Waals surface area contributed by atoms with Crippen LogP contribution in [0.15, 0.2) is 72.6 Å². The van der Waals surface area contributed by atoms with Crippen LogP contribution in [-0.4, -0.2) is 145 Å². The number of nitrogens with two attached hydrogens (primary N) is 1. The molecule has 7 N–H and O–H groups in total. The smallest absolute Gasteiger partial charge is 0.246 e. The van der Waals surface area contributed by atoms with Gasteiger partial charge in [0.1, 0.15) is 29.9 Å². The van der Waals surface area contributed by atoms with Crippen molar-refractivity contribution >= 4 is 69.3 Å². The van der Waals surface area contributed by atoms with Crippen LogP contribution in [0.4, 0.5) is 5.82 Å². The number of likely N-dealkylation sites (tertiary alicyclic amines) is 1. The van der Waals surface area contributed by atoms with Crippen molar-refractivity contribution in [3.8, 4) is 10.4 Å². The van der Waals surface area contributed by atoms with Gasteiger partial charge in [0.25, 0.3) is 0 Å². The van der Waals surface area contributed by atoms with Crippen LogP contribution in [0.5, 0.6) is 0 Å². The SMILES string of the molecule is Cc1ncsc1-c1ccc(CNC(=O)[C@@H]2C[C@@H](O)CN2C(=O)[C@@H](NC(=O)CCCCCC(=O)N2CCN(CC[C@H](NC(=O)C3(N)CCN(c4ncnc5[nH]ccc45)CC3)c3ccc(Cl)cc3)CC2)C(C)(C)C)cc1. The number of nitrogens with one attached hydrogen (secondary N) is 4. The van der Waals surface area contributed by atoms with Crippen LogP contribution in [-0.2, 0) is 30.5 Å². The first kappa shape index (κ1) is 54.3. The Hall–Kier alpha value is -5.99. The number of aromatic nitrogens is 4. The molecule has 3 aliphatic rings. The molecular formula is C54H71ClN12O6S. The van der Waals surface area contributed by atoms with Crippen molar-refractivity contribution in [1.82, 2.24) is 50.6 Å². The van der Waals surface area contributed by atoms with Gasteiger partial charge in [0, 0.05) is 89.4 Å². The number of carbonyl (C=O) groups excluding carboxylic acids is 5. The van der Waals surface area contributed by atoms with Crippen LogP contribution in [0, 0.1) is 12.3 Å². The monoisotopic (exact) mass is 1050 g/mol. The first-order valence-electron chi connectivity index (χ1n) is 25.9. The number of β-amino-alcohol motifs (C(OH)–C–C–N with tert-alkyl or cyclic N) is 1. The minimum Gasteiger partial charge on any atom is -0.391 e. The second kappa shape index (κ2) is 24.1. The highest BCUT2D eigenvalue weighted by Crippen LogP contribution is 2.31. The summed E-state index contributed by atoms with van der Waals surface area (Å²) in [4.78, 5) is 93.4. The summed E-state index contributed by atoms with van der Waals surface area (Å²) in [6.45, 7) is 12.3. The molecule has 0 saturated carbocycles. The van der Waals surface area contributed by atoms with Crippen molar-refractivity contribution in [2.75, 3.05) is 57.3 Å². The van der Waals surface area contributed by atoms with Crippen molar-refractivity contribution in [2.45, 2.75) is 122 Å². The second-order valence-electron chi connectivity index (χ2n) is 21.2. The van der Waals surface area contributed by atoms with Gasteiger partial charge in [0.05, 0.1) is 39.2 Å². The molecule has 0 radical (unpaired) electrons. The largest absolute Gasteiger partial charge is 0.391 e. The number of piperazine rings is 1. The number of aromatic amines is 1. The zero-order valence-corrected chi connectivity index (χ0v) is 44.5. The van der Waals surface area contributed by atoms with E-state index < -0.39 is 35.0 Å². The molecule has 0 aliphatic carbocycles. The lowest BCUT2D eigenvalue weighted by atomic mass is 9.85. The van der Waals surface area contributed by atoms with Gasteiger partial charge in [0.15, 0.2) is 0 Å². The average Bonchev–Trinajstić information content (AvgIpc) is 4.16. The molecule has 3 fully saturated rings. The third kappa shape index (κ3) is 13.5. The quantitative estimate of drug-likeness (QED) is 0.0564. The predicted molar refractivity (Wildman–Crippen MR) is 287 cm³/mol. The standard InChI is InChI=1S/C54H71ClN12O6S/c1-35-46(74-34-61-35)38-12-10-36(11-13-38)31-58-50(71)43-30-40(68)32-67(43)51(72)47(53(2,3)4)63-44(69)8-6-5-7-9-45(70)65-28-26-64(27-29-65)23-19-42(37-14-16-39(55)17-15-37)62-52(73)54(56)20-24-66(25-21-54)49-41-18-22-57-48(41)59-33-60-49/h10-18,22,33-34,40,42-43,47,68H,5-9,19-21,23-32,56H2,1-4H3,(H,58,71)(H,62,73)(H,63,69)(H,57,59,60)/t40-,42+,43+,47-/m1/s1. The summed E-state index contributed by atoms with van der Waals surface area (Å²) in [6, 6.07) is 15.3. The number of piperidine rings is 1. The van der Waals surface area contributed by atoms with Gasteiger partial charge in [-0.15, -0.1) is 11.3 Å². The van der Waals surface area contributed by atoms with Gasteiger partial charge in [-0.25, -0.2) is 15.0 Å². The number of halogens is 1. The molecule has 3 aliphatic heterocycles. The Labute approximate surface area is 442 Å². The van der Waals surface area contributed by atoms with E-state index in [4.69, 9.17) is 17.3 Å². The Morgan fingerprint density at radius 3 is 2.31 bits per heavy atom. The Balaban J connectivity index is 0.742. The maximum atomic E-state index is 14.1. The highest BCUT2D eigenvalue weighted by molar-refractivity contribution is 7.13. The number of rotatable bonds is 19. The first-order chi connectivity index (χ1) is 35.5. The molecule has 8 rings (SSSR count). The van der Waals surface area contributed by atoms with E-state index in [1.807, 2.05) is 98.9 Å². The number of benzene rings is 2. The normalized spacial score (nSPS) is 19.0. The van der Waals surface area contributed by atoms with Crippen molar-refractivity contribution in [3.63, 3.8) is 0 Å². The van der Waals surface area contributed by atoms with Gasteiger partial charge in [0.2, 0.25) is 29.5 Å². The highest BCUT2D eigenvalue weighted by atomic mass is 35.5. The van der Waals surface area contributed by atoms with Crippen LogP contribution in [0.25, 0.3) is 21.5 Å². The first-order valence-corrected chi connectivity index (χ1v) is 27.1. The molecule has 4 atom stereocenters. The third-order valence-electron chi connectivity index (χ3n) is 14.8. The number of aliphatic hydroxyl groups is 1. The molecule has 0 bridgehead atoms. The van der Waals surface area contributed by atoms with E-state index in [9.17, 15) is 29.1 Å². The van der Waals surface area contributed by atoms with E-state index in [2.05, 4.69) is 45.7 Å². The van der Waals surface area contributed by atoms with Gasteiger partial charge in [-0.1, -0.05) is 75.2 Å². The van der Waals surface area contributed by atoms with Crippen LogP contribution in [0.1, 0.15) is 101 Å². The fourth-order valence-corrected chi connectivity index (χ4v) is 11.2. The number of amides is 5. The Kier molecular flexibility index (Phi) is 17.7. The summed E-state index contributed by atoms with van der Waals surface area (Å²) in [6.07, 6.45) is 6.63. The third-order valence-corrected chi connectivity index (χ3v) is 16.0. The molecule has 3 saturated heterocycles. The number of carbonyl (C=O) groups is 5. The van der Waals surface area contributed by atoms with Crippen LogP contribution in [0.2, 0.25) is 5.02 Å². The van der Waals surface area contributed by atoms with Crippen molar-refractivity contribution < 1.29 is 29.1 Å². The zero-order chi connectivity index (χ0) is 52.6. The van der Waals surface area contributed by atoms with Gasteiger partial charge in [-0.05, 0) is 79.3 Å². The molecule has 5 aromatic rings. The Morgan fingerprint density at radius 1 is 0.905 bits per heavy atom. The molecular weight excluding hydrogens is 980 g/mol. The molecule has 5 amide bonds. The lowest BCUT2D eigenvalue weighted by molar-refractivity contribution is -0.144. The number of aryl methyl sites for hydroxylation is 1. The van der Waals surface area contributed by atoms with Crippen LogP contribution in [0.3, 0.4) is 0 Å². The number of aliphatic hydroxyl groups excluding tert-OH is 1. The minimum atomic E-state index is -1.04. The summed E-state index contributed by atoms with van der Waals surface area (Å²) in [5, 5.41) is 21.4. The summed E-state index contributed by atoms with van der Waals surface area (Å²) in [7, 11) is 0. The number of H-pyrrole nitrogens is 1. The fourth-order valence-electron chi connectivity index (χ4n) is 10.2. The van der Waals surface area contributed by atoms with Gasteiger partial charge in [-0.2, -0.15) is 0 Å². The van der Waals surface area contributed by atoms with E-state index in [1.54, 1.807) is 17.7 Å². The molecule has 74 heavy (non-hydrogen) atoms. The summed E-state index contributed by atoms with van der Waals surface area (Å²) in [5.74, 6) is -0.311. The molecule has 6 heterocycles. The van der Waals surface area contributed by atoms with E-state index in [0.29, 0.717) is 95.8 Å². The maximum Gasteiger partial charge on any atom is 0.246 e. The summed E-state index contributed by atoms with van der Waals surface area (Å²) < 4.78 is 0. The molecule has 18 nitrogen and oxygen atoms in total. The van der Waals surface area contributed by atoms with Crippen LogP contribution >= 0.6 is 22.9 Å². The molecule has 396 valence electrons. The highest BCUT2D eigenvalue weighted by Gasteiger charge is 2.45. The summed E-state index contributed by atoms with van der Waals surface area (Å²) >= 11 is 7.83. The number of fused-ring (bicyclic) bond motifs is 1. The Bertz CT molecular complexity index is 2730. The predicted octanol–water partition coefficient (Wildman–Crippen LogP) is 5.49. The topological polar surface area (TPSA) is 235 Å². The zero-order valence-electron chi connectivity index (χ0n) is 42.9. The molecule has 0 spiro atoms. The minimum absolute atomic E-state index is 0.00290. The van der Waals surface area contributed by atoms with E-state index in [0.717, 1.165) is 44.1 Å². The van der Waals surface area contributed by atoms with Gasteiger partial charge in [-0.3, -0.25) is 28.9 Å². The van der Waals surface area contributed by atoms with Gasteiger partial charge >= 0.3 is 0 Å². The maximum absolute atomic E-state index is 14.1. The van der Waals surface area contributed by atoms with Gasteiger partial charge < -0.3 is 46.5 Å². The van der Waals surface area contributed by atoms with Crippen molar-refractivity contribution in [1.29, 1.82) is 0 Å². The number of nitrogens with zero attached hydrogens (tertiary/aromatic N) is 7. The van der Waals surface area contributed by atoms with E-state index in [-0.39, 0.29) is 55.6 Å². The van der Waals surface area contributed by atoms with Crippen LogP contribution < -0.4 is 26.6 Å². The Morgan fingerprint density at radius 2 is 1.62 bits per heavy atom.